The molecule has 2 bridgehead atoms. The molecule has 1 saturated heterocycles. The molecule has 4 aliphatic rings. The highest BCUT2D eigenvalue weighted by atomic mass is 16.5. The minimum Gasteiger partial charge on any atom is -0.495 e. The zero-order chi connectivity index (χ0) is 16.7. The molecule has 0 N–H and O–H groups in total. The van der Waals surface area contributed by atoms with Gasteiger partial charge in [-0.1, -0.05) is 37.6 Å². The topological polar surface area (TPSA) is 15.7 Å². The summed E-state index contributed by atoms with van der Waals surface area (Å²) in [4.78, 5) is 5.11. The highest BCUT2D eigenvalue weighted by molar-refractivity contribution is 5.58. The van der Waals surface area contributed by atoms with Crippen molar-refractivity contribution in [3.63, 3.8) is 0 Å². The van der Waals surface area contributed by atoms with E-state index in [9.17, 15) is 0 Å². The quantitative estimate of drug-likeness (QED) is 0.783. The van der Waals surface area contributed by atoms with Gasteiger partial charge in [-0.15, -0.1) is 0 Å². The number of para-hydroxylation sites is 2. The summed E-state index contributed by atoms with van der Waals surface area (Å²) in [6, 6.07) is 8.38. The minimum absolute atomic E-state index is 0.545. The number of allylic oxidation sites excluding steroid dienone is 1. The van der Waals surface area contributed by atoms with Crippen molar-refractivity contribution in [2.45, 2.75) is 26.7 Å². The van der Waals surface area contributed by atoms with E-state index < -0.39 is 0 Å². The second-order valence-corrected chi connectivity index (χ2v) is 8.26. The monoisotopic (exact) mass is 326 g/mol. The van der Waals surface area contributed by atoms with E-state index in [0.717, 1.165) is 43.8 Å². The smallest absolute Gasteiger partial charge is 0.142 e. The first-order valence-corrected chi connectivity index (χ1v) is 9.39. The molecule has 1 heterocycles. The Morgan fingerprint density at radius 2 is 1.88 bits per heavy atom. The second-order valence-electron chi connectivity index (χ2n) is 8.26. The Kier molecular flexibility index (Phi) is 4.07. The Hall–Kier alpha value is -1.48. The lowest BCUT2D eigenvalue weighted by Crippen LogP contribution is -2.52. The molecular weight excluding hydrogens is 296 g/mol. The first-order valence-electron chi connectivity index (χ1n) is 9.39. The van der Waals surface area contributed by atoms with Gasteiger partial charge < -0.3 is 9.64 Å². The predicted octanol–water partition coefficient (Wildman–Crippen LogP) is 3.81. The number of rotatable bonds is 4. The summed E-state index contributed by atoms with van der Waals surface area (Å²) in [5, 5.41) is 0. The van der Waals surface area contributed by atoms with Gasteiger partial charge in [-0.3, -0.25) is 4.90 Å². The van der Waals surface area contributed by atoms with Crippen LogP contribution >= 0.6 is 0 Å². The van der Waals surface area contributed by atoms with Gasteiger partial charge in [0, 0.05) is 32.7 Å². The molecule has 2 fully saturated rings. The van der Waals surface area contributed by atoms with Crippen LogP contribution in [0.3, 0.4) is 0 Å². The van der Waals surface area contributed by atoms with E-state index in [1.807, 2.05) is 6.07 Å². The van der Waals surface area contributed by atoms with Gasteiger partial charge in [0.05, 0.1) is 12.8 Å². The molecule has 0 spiro atoms. The Morgan fingerprint density at radius 3 is 2.54 bits per heavy atom. The first-order chi connectivity index (χ1) is 11.6. The highest BCUT2D eigenvalue weighted by Crippen LogP contribution is 2.59. The predicted molar refractivity (Wildman–Crippen MR) is 99.7 cm³/mol. The maximum absolute atomic E-state index is 5.52. The highest BCUT2D eigenvalue weighted by Gasteiger charge is 2.51. The lowest BCUT2D eigenvalue weighted by molar-refractivity contribution is -0.0107. The van der Waals surface area contributed by atoms with Crippen LogP contribution in [0, 0.1) is 17.3 Å². The van der Waals surface area contributed by atoms with Crippen molar-refractivity contribution in [2.75, 3.05) is 44.7 Å². The molecule has 3 heteroatoms. The lowest BCUT2D eigenvalue weighted by atomic mass is 9.49. The molecule has 0 radical (unpaired) electrons. The average Bonchev–Trinajstić information content (AvgIpc) is 2.62. The molecule has 0 aromatic heterocycles. The normalized spacial score (nSPS) is 29.0. The molecule has 0 unspecified atom stereocenters. The van der Waals surface area contributed by atoms with Crippen LogP contribution in [-0.2, 0) is 0 Å². The zero-order valence-corrected chi connectivity index (χ0v) is 15.3. The number of methoxy groups -OCH3 is 1. The van der Waals surface area contributed by atoms with E-state index in [-0.39, 0.29) is 0 Å². The summed E-state index contributed by atoms with van der Waals surface area (Å²) in [5.41, 5.74) is 3.50. The molecule has 24 heavy (non-hydrogen) atoms. The van der Waals surface area contributed by atoms with Crippen LogP contribution < -0.4 is 9.64 Å². The van der Waals surface area contributed by atoms with Crippen molar-refractivity contribution in [1.29, 1.82) is 0 Å². The number of ether oxygens (including phenoxy) is 1. The van der Waals surface area contributed by atoms with Gasteiger partial charge in [-0.2, -0.15) is 0 Å². The van der Waals surface area contributed by atoms with Crippen molar-refractivity contribution in [3.05, 3.63) is 35.9 Å². The van der Waals surface area contributed by atoms with Crippen LogP contribution in [0.5, 0.6) is 5.75 Å². The number of fused-ring (bicyclic) bond motifs is 1. The number of anilines is 1. The molecule has 1 aromatic carbocycles. The summed E-state index contributed by atoms with van der Waals surface area (Å²) in [6.45, 7) is 10.6. The van der Waals surface area contributed by atoms with Gasteiger partial charge in [0.15, 0.2) is 0 Å². The standard InChI is InChI=1S/C21H30N2O/c1-21(2)17-9-8-16(18(21)14-17)15-22-10-12-23(13-11-22)19-6-4-5-7-20(19)24-3/h4-8,17-18H,9-15H2,1-3H3/t17-,18-/m0/s1. The fraction of sp³-hybridized carbons (Fsp3) is 0.619. The molecule has 1 aromatic rings. The molecular formula is C21H30N2O. The van der Waals surface area contributed by atoms with E-state index in [1.165, 1.54) is 25.1 Å². The van der Waals surface area contributed by atoms with Gasteiger partial charge in [-0.25, -0.2) is 0 Å². The number of hydrogen-bond donors (Lipinski definition) is 0. The Labute approximate surface area is 146 Å². The van der Waals surface area contributed by atoms with Crippen molar-refractivity contribution < 1.29 is 4.74 Å². The van der Waals surface area contributed by atoms with Crippen molar-refractivity contribution in [2.24, 2.45) is 17.3 Å². The summed E-state index contributed by atoms with van der Waals surface area (Å²) < 4.78 is 5.52. The SMILES string of the molecule is COc1ccccc1N1CCN(CC2=CC[C@H]3C[C@@H]2C3(C)C)CC1. The number of piperazine rings is 1. The molecule has 130 valence electrons. The first kappa shape index (κ1) is 16.0. The number of benzene rings is 1. The van der Waals surface area contributed by atoms with E-state index in [0.29, 0.717) is 5.41 Å². The van der Waals surface area contributed by atoms with Crippen molar-refractivity contribution in [3.8, 4) is 5.75 Å². The summed E-state index contributed by atoms with van der Waals surface area (Å²) >= 11 is 0. The van der Waals surface area contributed by atoms with E-state index in [1.54, 1.807) is 12.7 Å². The lowest BCUT2D eigenvalue weighted by Gasteiger charge is -2.57. The summed E-state index contributed by atoms with van der Waals surface area (Å²) in [7, 11) is 1.76. The minimum atomic E-state index is 0.545. The maximum Gasteiger partial charge on any atom is 0.142 e. The Morgan fingerprint density at radius 1 is 1.12 bits per heavy atom. The molecule has 3 aliphatic carbocycles. The molecule has 2 atom stereocenters. The van der Waals surface area contributed by atoms with E-state index >= 15 is 0 Å². The third-order valence-electron chi connectivity index (χ3n) is 6.79. The van der Waals surface area contributed by atoms with Gasteiger partial charge in [-0.05, 0) is 42.2 Å². The fourth-order valence-electron chi connectivity index (χ4n) is 4.95. The third kappa shape index (κ3) is 2.63. The summed E-state index contributed by atoms with van der Waals surface area (Å²) in [5.74, 6) is 2.76. The summed E-state index contributed by atoms with van der Waals surface area (Å²) in [6.07, 6.45) is 5.29. The zero-order valence-electron chi connectivity index (χ0n) is 15.3. The van der Waals surface area contributed by atoms with Crippen LogP contribution in [-0.4, -0.2) is 44.7 Å². The van der Waals surface area contributed by atoms with Crippen LogP contribution in [0.15, 0.2) is 35.9 Å². The van der Waals surface area contributed by atoms with Gasteiger partial charge in [0.25, 0.3) is 0 Å². The van der Waals surface area contributed by atoms with Gasteiger partial charge in [0.2, 0.25) is 0 Å². The molecule has 0 amide bonds. The van der Waals surface area contributed by atoms with Crippen molar-refractivity contribution >= 4 is 5.69 Å². The second kappa shape index (κ2) is 6.11. The number of hydrogen-bond acceptors (Lipinski definition) is 3. The van der Waals surface area contributed by atoms with E-state index in [4.69, 9.17) is 4.74 Å². The van der Waals surface area contributed by atoms with Crippen LogP contribution in [0.25, 0.3) is 0 Å². The van der Waals surface area contributed by atoms with Crippen LogP contribution in [0.2, 0.25) is 0 Å². The van der Waals surface area contributed by atoms with Gasteiger partial charge in [0.1, 0.15) is 5.75 Å². The van der Waals surface area contributed by atoms with Gasteiger partial charge >= 0.3 is 0 Å². The van der Waals surface area contributed by atoms with Crippen LogP contribution in [0.1, 0.15) is 26.7 Å². The molecule has 5 rings (SSSR count). The Bertz CT molecular complexity index is 628. The van der Waals surface area contributed by atoms with E-state index in [2.05, 4.69) is 47.9 Å². The number of nitrogens with zero attached hydrogens (tertiary/aromatic N) is 2. The van der Waals surface area contributed by atoms with Crippen LogP contribution in [0.4, 0.5) is 5.69 Å². The third-order valence-corrected chi connectivity index (χ3v) is 6.79. The molecule has 1 aliphatic heterocycles. The largest absolute Gasteiger partial charge is 0.495 e. The fourth-order valence-corrected chi connectivity index (χ4v) is 4.95. The average molecular weight is 326 g/mol. The molecule has 3 nitrogen and oxygen atoms in total. The Balaban J connectivity index is 1.36. The molecule has 1 saturated carbocycles. The van der Waals surface area contributed by atoms with Crippen molar-refractivity contribution in [1.82, 2.24) is 4.90 Å². The maximum atomic E-state index is 5.52.